The number of carboxylic acid groups (broad SMARTS) is 1. The van der Waals surface area contributed by atoms with Gasteiger partial charge >= 0.3 is 5.97 Å². The second-order valence-corrected chi connectivity index (χ2v) is 4.65. The summed E-state index contributed by atoms with van der Waals surface area (Å²) in [5.41, 5.74) is 0.391. The predicted molar refractivity (Wildman–Crippen MR) is 59.1 cm³/mol. The molecule has 0 bridgehead atoms. The topological polar surface area (TPSA) is 62.2 Å². The highest BCUT2D eigenvalue weighted by Crippen LogP contribution is 2.14. The molecule has 0 unspecified atom stereocenters. The zero-order chi connectivity index (χ0) is 11.5. The molecule has 0 aromatic carbocycles. The van der Waals surface area contributed by atoms with Crippen molar-refractivity contribution in [2.45, 2.75) is 20.8 Å². The van der Waals surface area contributed by atoms with Gasteiger partial charge < -0.3 is 10.4 Å². The van der Waals surface area contributed by atoms with Crippen molar-refractivity contribution in [3.63, 3.8) is 0 Å². The highest BCUT2D eigenvalue weighted by Gasteiger charge is 2.10. The van der Waals surface area contributed by atoms with Crippen LogP contribution in [-0.4, -0.2) is 22.6 Å². The van der Waals surface area contributed by atoms with Crippen LogP contribution < -0.4 is 5.32 Å². The molecule has 0 radical (unpaired) electrons. The van der Waals surface area contributed by atoms with Gasteiger partial charge in [0.2, 0.25) is 0 Å². The van der Waals surface area contributed by atoms with Crippen LogP contribution in [0.25, 0.3) is 0 Å². The molecular formula is C11H16N2O2. The summed E-state index contributed by atoms with van der Waals surface area (Å²) in [5, 5.41) is 11.9. The Morgan fingerprint density at radius 3 is 2.73 bits per heavy atom. The van der Waals surface area contributed by atoms with Crippen molar-refractivity contribution >= 4 is 11.8 Å². The first-order valence-corrected chi connectivity index (χ1v) is 4.82. The zero-order valence-electron chi connectivity index (χ0n) is 9.24. The average Bonchev–Trinajstić information content (AvgIpc) is 2.14. The summed E-state index contributed by atoms with van der Waals surface area (Å²) in [4.78, 5) is 14.7. The van der Waals surface area contributed by atoms with Crippen LogP contribution in [0.15, 0.2) is 18.3 Å². The highest BCUT2D eigenvalue weighted by molar-refractivity contribution is 5.88. The monoisotopic (exact) mass is 208 g/mol. The molecule has 0 saturated carbocycles. The standard InChI is InChI=1S/C11H16N2O2/c1-11(2,3)7-13-9-6-8(10(14)15)4-5-12-9/h4-6H,7H2,1-3H3,(H,12,13)(H,14,15). The minimum absolute atomic E-state index is 0.140. The van der Waals surface area contributed by atoms with E-state index >= 15 is 0 Å². The van der Waals surface area contributed by atoms with Crippen LogP contribution in [0.5, 0.6) is 0 Å². The maximum absolute atomic E-state index is 10.7. The van der Waals surface area contributed by atoms with Crippen LogP contribution in [0.2, 0.25) is 0 Å². The summed E-state index contributed by atoms with van der Waals surface area (Å²) in [6, 6.07) is 3.01. The molecule has 1 heterocycles. The number of hydrogen-bond donors (Lipinski definition) is 2. The number of aromatic nitrogens is 1. The lowest BCUT2D eigenvalue weighted by atomic mass is 9.97. The Bertz CT molecular complexity index is 356. The highest BCUT2D eigenvalue weighted by atomic mass is 16.4. The Balaban J connectivity index is 2.70. The lowest BCUT2D eigenvalue weighted by molar-refractivity contribution is 0.0697. The van der Waals surface area contributed by atoms with Crippen LogP contribution in [0.3, 0.4) is 0 Å². The van der Waals surface area contributed by atoms with Gasteiger partial charge in [0.15, 0.2) is 0 Å². The minimum Gasteiger partial charge on any atom is -0.478 e. The summed E-state index contributed by atoms with van der Waals surface area (Å²) in [6.07, 6.45) is 1.49. The van der Waals surface area contributed by atoms with E-state index in [0.717, 1.165) is 6.54 Å². The van der Waals surface area contributed by atoms with Crippen LogP contribution >= 0.6 is 0 Å². The number of nitrogens with zero attached hydrogens (tertiary/aromatic N) is 1. The quantitative estimate of drug-likeness (QED) is 0.799. The lowest BCUT2D eigenvalue weighted by Crippen LogP contribution is -2.19. The molecule has 0 saturated heterocycles. The van der Waals surface area contributed by atoms with Crippen LogP contribution in [0.4, 0.5) is 5.82 Å². The van der Waals surface area contributed by atoms with Gasteiger partial charge in [-0.25, -0.2) is 9.78 Å². The van der Waals surface area contributed by atoms with Crippen LogP contribution in [-0.2, 0) is 0 Å². The van der Waals surface area contributed by atoms with Crippen LogP contribution in [0, 0.1) is 5.41 Å². The minimum atomic E-state index is -0.934. The Hall–Kier alpha value is -1.58. The molecule has 0 aliphatic rings. The molecule has 0 fully saturated rings. The third-order valence-electron chi connectivity index (χ3n) is 1.81. The smallest absolute Gasteiger partial charge is 0.335 e. The van der Waals surface area contributed by atoms with E-state index in [4.69, 9.17) is 5.11 Å². The van der Waals surface area contributed by atoms with Crippen molar-refractivity contribution in [3.05, 3.63) is 23.9 Å². The van der Waals surface area contributed by atoms with Crippen molar-refractivity contribution in [2.75, 3.05) is 11.9 Å². The average molecular weight is 208 g/mol. The fraction of sp³-hybridized carbons (Fsp3) is 0.455. The molecule has 15 heavy (non-hydrogen) atoms. The number of hydrogen-bond acceptors (Lipinski definition) is 3. The first-order valence-electron chi connectivity index (χ1n) is 4.82. The van der Waals surface area contributed by atoms with Gasteiger partial charge in [0.05, 0.1) is 5.56 Å². The summed E-state index contributed by atoms with van der Waals surface area (Å²) in [6.45, 7) is 7.05. The van der Waals surface area contributed by atoms with Gasteiger partial charge in [-0.2, -0.15) is 0 Å². The summed E-state index contributed by atoms with van der Waals surface area (Å²) < 4.78 is 0. The third kappa shape index (κ3) is 3.97. The van der Waals surface area contributed by atoms with Crippen molar-refractivity contribution in [1.29, 1.82) is 0 Å². The van der Waals surface area contributed by atoms with Gasteiger partial charge in [0, 0.05) is 12.7 Å². The molecule has 0 spiro atoms. The predicted octanol–water partition coefficient (Wildman–Crippen LogP) is 2.24. The van der Waals surface area contributed by atoms with Gasteiger partial charge in [-0.05, 0) is 17.5 Å². The number of pyridine rings is 1. The van der Waals surface area contributed by atoms with Crippen LogP contribution in [0.1, 0.15) is 31.1 Å². The third-order valence-corrected chi connectivity index (χ3v) is 1.81. The Morgan fingerprint density at radius 1 is 1.53 bits per heavy atom. The summed E-state index contributed by atoms with van der Waals surface area (Å²) in [5.74, 6) is -0.332. The number of carbonyl (C=O) groups is 1. The van der Waals surface area contributed by atoms with Gasteiger partial charge in [-0.3, -0.25) is 0 Å². The van der Waals surface area contributed by atoms with Gasteiger partial charge in [0.1, 0.15) is 5.82 Å². The number of nitrogens with one attached hydrogen (secondary N) is 1. The molecule has 1 aromatic rings. The van der Waals surface area contributed by atoms with E-state index in [0.29, 0.717) is 5.82 Å². The Labute approximate surface area is 89.3 Å². The van der Waals surface area contributed by atoms with E-state index in [-0.39, 0.29) is 11.0 Å². The second kappa shape index (κ2) is 4.29. The number of aromatic carboxylic acids is 1. The first kappa shape index (κ1) is 11.5. The molecular weight excluding hydrogens is 192 g/mol. The zero-order valence-corrected chi connectivity index (χ0v) is 9.24. The maximum Gasteiger partial charge on any atom is 0.335 e. The van der Waals surface area contributed by atoms with Gasteiger partial charge in [-0.1, -0.05) is 20.8 Å². The molecule has 0 amide bonds. The van der Waals surface area contributed by atoms with E-state index < -0.39 is 5.97 Å². The molecule has 1 rings (SSSR count). The first-order chi connectivity index (χ1) is 6.88. The number of carboxylic acids is 1. The SMILES string of the molecule is CC(C)(C)CNc1cc(C(=O)O)ccn1. The molecule has 0 aliphatic carbocycles. The van der Waals surface area contributed by atoms with Crippen molar-refractivity contribution in [3.8, 4) is 0 Å². The maximum atomic E-state index is 10.7. The molecule has 0 aliphatic heterocycles. The van der Waals surface area contributed by atoms with E-state index in [1.807, 2.05) is 0 Å². The fourth-order valence-corrected chi connectivity index (χ4v) is 1.02. The summed E-state index contributed by atoms with van der Waals surface area (Å²) in [7, 11) is 0. The van der Waals surface area contributed by atoms with E-state index in [1.54, 1.807) is 0 Å². The van der Waals surface area contributed by atoms with E-state index in [2.05, 4.69) is 31.1 Å². The van der Waals surface area contributed by atoms with Gasteiger partial charge in [0.25, 0.3) is 0 Å². The van der Waals surface area contributed by atoms with Gasteiger partial charge in [-0.15, -0.1) is 0 Å². The Morgan fingerprint density at radius 2 is 2.20 bits per heavy atom. The lowest BCUT2D eigenvalue weighted by Gasteiger charge is -2.19. The summed E-state index contributed by atoms with van der Waals surface area (Å²) >= 11 is 0. The second-order valence-electron chi connectivity index (χ2n) is 4.65. The fourth-order valence-electron chi connectivity index (χ4n) is 1.02. The normalized spacial score (nSPS) is 11.1. The molecule has 2 N–H and O–H groups in total. The van der Waals surface area contributed by atoms with E-state index in [1.165, 1.54) is 18.3 Å². The number of rotatable bonds is 3. The van der Waals surface area contributed by atoms with Crippen molar-refractivity contribution in [1.82, 2.24) is 4.98 Å². The Kier molecular flexibility index (Phi) is 3.29. The molecule has 1 aromatic heterocycles. The largest absolute Gasteiger partial charge is 0.478 e. The number of anilines is 1. The van der Waals surface area contributed by atoms with E-state index in [9.17, 15) is 4.79 Å². The molecule has 4 heteroatoms. The van der Waals surface area contributed by atoms with Crippen molar-refractivity contribution < 1.29 is 9.90 Å². The molecule has 0 atom stereocenters. The molecule has 4 nitrogen and oxygen atoms in total. The molecule has 82 valence electrons. The van der Waals surface area contributed by atoms with Crippen molar-refractivity contribution in [2.24, 2.45) is 5.41 Å².